The fourth-order valence-corrected chi connectivity index (χ4v) is 4.17. The quantitative estimate of drug-likeness (QED) is 0.690. The molecule has 0 unspecified atom stereocenters. The molecule has 1 N–H and O–H groups in total. The van der Waals surface area contributed by atoms with E-state index in [1.807, 2.05) is 0 Å². The first-order valence-corrected chi connectivity index (χ1v) is 10.9. The number of nitrogens with one attached hydrogen (secondary N) is 1. The average molecular weight is 400 g/mol. The molecule has 1 fully saturated rings. The van der Waals surface area contributed by atoms with Gasteiger partial charge in [-0.05, 0) is 30.9 Å². The van der Waals surface area contributed by atoms with Gasteiger partial charge in [-0.1, -0.05) is 13.8 Å². The summed E-state index contributed by atoms with van der Waals surface area (Å²) in [6, 6.07) is 1.74. The Hall–Kier alpha value is -1.71. The molecular weight excluding hydrogens is 370 g/mol. The average Bonchev–Trinajstić information content (AvgIpc) is 2.61. The van der Waals surface area contributed by atoms with E-state index in [9.17, 15) is 18.0 Å². The van der Waals surface area contributed by atoms with E-state index in [0.717, 1.165) is 6.42 Å². The van der Waals surface area contributed by atoms with Gasteiger partial charge in [-0.15, -0.1) is 0 Å². The highest BCUT2D eigenvalue weighted by Gasteiger charge is 2.24. The number of ether oxygens (including phenoxy) is 1. The summed E-state index contributed by atoms with van der Waals surface area (Å²) in [5.41, 5.74) is 0.309. The van der Waals surface area contributed by atoms with Crippen LogP contribution in [0.1, 0.15) is 36.2 Å². The molecule has 0 aliphatic carbocycles. The number of amides is 1. The number of hydrogen-bond donors (Lipinski definition) is 1. The lowest BCUT2D eigenvalue weighted by atomic mass is 10.1. The van der Waals surface area contributed by atoms with Crippen molar-refractivity contribution >= 4 is 15.9 Å². The standard InChI is InChI=1S/C18H29N3O5S/c1-14(2)4-7-20-8-5-15(3)16(18(20)23)17(22)19-6-13-27(24,25)21-9-11-26-12-10-21/h5,8,14H,4,6-7,9-13H2,1-3H3,(H,19,22). The van der Waals surface area contributed by atoms with Gasteiger partial charge in [0.15, 0.2) is 0 Å². The van der Waals surface area contributed by atoms with E-state index < -0.39 is 15.9 Å². The Bertz CT molecular complexity index is 811. The number of pyridine rings is 1. The number of carbonyl (C=O) groups excluding carboxylic acids is 1. The van der Waals surface area contributed by atoms with E-state index in [-0.39, 0.29) is 23.4 Å². The van der Waals surface area contributed by atoms with E-state index in [2.05, 4.69) is 19.2 Å². The molecule has 2 heterocycles. The number of carbonyl (C=O) groups is 1. The molecule has 0 saturated carbocycles. The molecule has 1 amide bonds. The number of nitrogens with zero attached hydrogens (tertiary/aromatic N) is 2. The van der Waals surface area contributed by atoms with Gasteiger partial charge in [0, 0.05) is 32.4 Å². The highest BCUT2D eigenvalue weighted by molar-refractivity contribution is 7.89. The normalized spacial score (nSPS) is 15.9. The number of aryl methyl sites for hydroxylation is 2. The first-order valence-electron chi connectivity index (χ1n) is 9.26. The van der Waals surface area contributed by atoms with Gasteiger partial charge >= 0.3 is 0 Å². The first-order chi connectivity index (χ1) is 12.7. The van der Waals surface area contributed by atoms with Crippen LogP contribution in [-0.4, -0.2) is 61.8 Å². The van der Waals surface area contributed by atoms with E-state index in [4.69, 9.17) is 4.74 Å². The van der Waals surface area contributed by atoms with Gasteiger partial charge < -0.3 is 14.6 Å². The molecule has 1 aromatic rings. The molecule has 2 rings (SSSR count). The van der Waals surface area contributed by atoms with Gasteiger partial charge in [-0.2, -0.15) is 4.31 Å². The molecule has 1 aromatic heterocycles. The molecule has 0 aromatic carbocycles. The molecule has 27 heavy (non-hydrogen) atoms. The van der Waals surface area contributed by atoms with Gasteiger partial charge in [-0.3, -0.25) is 9.59 Å². The second kappa shape index (κ2) is 9.48. The number of aromatic nitrogens is 1. The molecule has 0 radical (unpaired) electrons. The molecule has 8 nitrogen and oxygen atoms in total. The third-order valence-electron chi connectivity index (χ3n) is 4.56. The van der Waals surface area contributed by atoms with Crippen LogP contribution in [0.3, 0.4) is 0 Å². The van der Waals surface area contributed by atoms with Crippen LogP contribution in [0.15, 0.2) is 17.1 Å². The summed E-state index contributed by atoms with van der Waals surface area (Å²) in [6.07, 6.45) is 2.53. The van der Waals surface area contributed by atoms with Crippen molar-refractivity contribution in [3.63, 3.8) is 0 Å². The number of rotatable bonds is 8. The smallest absolute Gasteiger partial charge is 0.263 e. The summed E-state index contributed by atoms with van der Waals surface area (Å²) in [5.74, 6) is -0.291. The lowest BCUT2D eigenvalue weighted by Crippen LogP contribution is -2.44. The minimum atomic E-state index is -3.45. The predicted molar refractivity (Wildman–Crippen MR) is 103 cm³/mol. The van der Waals surface area contributed by atoms with Crippen LogP contribution < -0.4 is 10.9 Å². The third kappa shape index (κ3) is 5.88. The maximum absolute atomic E-state index is 12.6. The van der Waals surface area contributed by atoms with Gasteiger partial charge in [0.25, 0.3) is 11.5 Å². The van der Waals surface area contributed by atoms with Crippen LogP contribution in [0.2, 0.25) is 0 Å². The van der Waals surface area contributed by atoms with Crippen molar-refractivity contribution in [2.24, 2.45) is 5.92 Å². The second-order valence-electron chi connectivity index (χ2n) is 7.14. The Morgan fingerprint density at radius 1 is 1.30 bits per heavy atom. The third-order valence-corrected chi connectivity index (χ3v) is 6.43. The summed E-state index contributed by atoms with van der Waals surface area (Å²) < 4.78 is 32.6. The summed E-state index contributed by atoms with van der Waals surface area (Å²) >= 11 is 0. The van der Waals surface area contributed by atoms with Crippen molar-refractivity contribution < 1.29 is 17.9 Å². The molecule has 152 valence electrons. The fraction of sp³-hybridized carbons (Fsp3) is 0.667. The fourth-order valence-electron chi connectivity index (χ4n) is 2.85. The van der Waals surface area contributed by atoms with E-state index in [1.165, 1.54) is 8.87 Å². The van der Waals surface area contributed by atoms with E-state index >= 15 is 0 Å². The summed E-state index contributed by atoms with van der Waals surface area (Å²) in [5, 5.41) is 2.58. The number of sulfonamides is 1. The monoisotopic (exact) mass is 399 g/mol. The highest BCUT2D eigenvalue weighted by atomic mass is 32.2. The zero-order valence-corrected chi connectivity index (χ0v) is 17.0. The number of morpholine rings is 1. The van der Waals surface area contributed by atoms with Crippen molar-refractivity contribution in [1.29, 1.82) is 0 Å². The molecule has 1 saturated heterocycles. The van der Waals surface area contributed by atoms with Gasteiger partial charge in [0.05, 0.1) is 19.0 Å². The molecule has 1 aliphatic heterocycles. The molecule has 9 heteroatoms. The van der Waals surface area contributed by atoms with Crippen molar-refractivity contribution in [2.45, 2.75) is 33.7 Å². The molecule has 0 spiro atoms. The van der Waals surface area contributed by atoms with Gasteiger partial charge in [0.1, 0.15) is 5.56 Å². The van der Waals surface area contributed by atoms with Crippen molar-refractivity contribution in [2.75, 3.05) is 38.6 Å². The Kier molecular flexibility index (Phi) is 7.58. The SMILES string of the molecule is Cc1ccn(CCC(C)C)c(=O)c1C(=O)NCCS(=O)(=O)N1CCOCC1. The largest absolute Gasteiger partial charge is 0.379 e. The highest BCUT2D eigenvalue weighted by Crippen LogP contribution is 2.07. The molecule has 0 atom stereocenters. The van der Waals surface area contributed by atoms with Crippen molar-refractivity contribution in [1.82, 2.24) is 14.2 Å². The lowest BCUT2D eigenvalue weighted by molar-refractivity contribution is 0.0730. The zero-order valence-electron chi connectivity index (χ0n) is 16.2. The van der Waals surface area contributed by atoms with Crippen LogP contribution >= 0.6 is 0 Å². The summed E-state index contributed by atoms with van der Waals surface area (Å²) in [4.78, 5) is 25.1. The maximum Gasteiger partial charge on any atom is 0.263 e. The van der Waals surface area contributed by atoms with E-state index in [1.54, 1.807) is 19.2 Å². The maximum atomic E-state index is 12.6. The van der Waals surface area contributed by atoms with Crippen LogP contribution in [0.4, 0.5) is 0 Å². The Morgan fingerprint density at radius 3 is 2.59 bits per heavy atom. The Labute approximate surface area is 160 Å². The Balaban J connectivity index is 2.01. The van der Waals surface area contributed by atoms with Crippen molar-refractivity contribution in [3.05, 3.63) is 33.7 Å². The lowest BCUT2D eigenvalue weighted by Gasteiger charge is -2.26. The van der Waals surface area contributed by atoms with E-state index in [0.29, 0.717) is 44.3 Å². The van der Waals surface area contributed by atoms with Crippen LogP contribution in [-0.2, 0) is 21.3 Å². The topological polar surface area (TPSA) is 97.7 Å². The first kappa shape index (κ1) is 21.6. The summed E-state index contributed by atoms with van der Waals surface area (Å²) in [7, 11) is -3.45. The molecule has 0 bridgehead atoms. The predicted octanol–water partition coefficient (Wildman–Crippen LogP) is 0.595. The van der Waals surface area contributed by atoms with Crippen molar-refractivity contribution in [3.8, 4) is 0 Å². The molecular formula is C18H29N3O5S. The van der Waals surface area contributed by atoms with Gasteiger partial charge in [0.2, 0.25) is 10.0 Å². The van der Waals surface area contributed by atoms with Gasteiger partial charge in [-0.25, -0.2) is 8.42 Å². The second-order valence-corrected chi connectivity index (χ2v) is 9.23. The van der Waals surface area contributed by atoms with Crippen LogP contribution in [0.5, 0.6) is 0 Å². The Morgan fingerprint density at radius 2 is 1.96 bits per heavy atom. The minimum Gasteiger partial charge on any atom is -0.379 e. The minimum absolute atomic E-state index is 0.0434. The van der Waals surface area contributed by atoms with Crippen LogP contribution in [0.25, 0.3) is 0 Å². The summed E-state index contributed by atoms with van der Waals surface area (Å²) in [6.45, 7) is 7.76. The number of hydrogen-bond acceptors (Lipinski definition) is 5. The van der Waals surface area contributed by atoms with Crippen LogP contribution in [0, 0.1) is 12.8 Å². The molecule has 1 aliphatic rings. The zero-order chi connectivity index (χ0) is 20.0.